The fraction of sp³-hybridized carbons (Fsp3) is 0.133. The van der Waals surface area contributed by atoms with Crippen molar-refractivity contribution < 1.29 is 19.3 Å². The van der Waals surface area contributed by atoms with Gasteiger partial charge in [0.2, 0.25) is 0 Å². The smallest absolute Gasteiger partial charge is 0.337 e. The number of methoxy groups -OCH3 is 2. The van der Waals surface area contributed by atoms with Crippen molar-refractivity contribution in [3.05, 3.63) is 44.7 Å². The number of halogens is 3. The van der Waals surface area contributed by atoms with Gasteiger partial charge in [0.25, 0.3) is 10.8 Å². The van der Waals surface area contributed by atoms with E-state index in [4.69, 9.17) is 50.0 Å². The molecule has 2 aromatic rings. The number of H-pyrrole nitrogens is 1. The van der Waals surface area contributed by atoms with Crippen LogP contribution in [0.15, 0.2) is 23.3 Å². The monoisotopic (exact) mass is 403 g/mol. The number of rotatable bonds is 5. The maximum absolute atomic E-state index is 12.2. The molecule has 1 aromatic heterocycles. The summed E-state index contributed by atoms with van der Waals surface area (Å²) in [4.78, 5) is 14.7. The summed E-state index contributed by atoms with van der Waals surface area (Å²) in [5, 5.41) is 3.84. The molecular formula is C15H14Cl3N4O3+. The lowest BCUT2D eigenvalue weighted by atomic mass is 10.2. The zero-order valence-electron chi connectivity index (χ0n) is 13.2. The highest BCUT2D eigenvalue weighted by Gasteiger charge is 2.25. The third-order valence-electron chi connectivity index (χ3n) is 3.16. The van der Waals surface area contributed by atoms with Gasteiger partial charge in [-0.3, -0.25) is 4.79 Å². The van der Waals surface area contributed by atoms with Crippen LogP contribution in [0.3, 0.4) is 0 Å². The molecule has 0 aliphatic carbocycles. The predicted molar refractivity (Wildman–Crippen MR) is 97.0 cm³/mol. The Labute approximate surface area is 158 Å². The standard InChI is InChI=1S/C15H13Cl3N4O3/c1-24-8-4-3-7(9(5-8)25-2)6-20-22-15(23)13-10(16)12(19)11(17)14(18)21-13/h3-6H,1-2H3,(H2,19,21)(H,22,23)/p+1/b20-6+. The lowest BCUT2D eigenvalue weighted by Crippen LogP contribution is -2.28. The van der Waals surface area contributed by atoms with Crippen LogP contribution in [-0.4, -0.2) is 26.3 Å². The summed E-state index contributed by atoms with van der Waals surface area (Å²) in [5.41, 5.74) is 8.57. The topological polar surface area (TPSA) is 100 Å². The van der Waals surface area contributed by atoms with E-state index in [1.807, 2.05) is 0 Å². The highest BCUT2D eigenvalue weighted by atomic mass is 35.5. The van der Waals surface area contributed by atoms with Gasteiger partial charge in [0.1, 0.15) is 21.5 Å². The van der Waals surface area contributed by atoms with Gasteiger partial charge >= 0.3 is 5.91 Å². The number of ether oxygens (including phenoxy) is 2. The van der Waals surface area contributed by atoms with Crippen LogP contribution in [0.2, 0.25) is 15.2 Å². The van der Waals surface area contributed by atoms with Gasteiger partial charge in [-0.05, 0) is 23.7 Å². The minimum absolute atomic E-state index is 0.00182. The first-order valence-electron chi connectivity index (χ1n) is 6.79. The van der Waals surface area contributed by atoms with Crippen molar-refractivity contribution in [3.63, 3.8) is 0 Å². The van der Waals surface area contributed by atoms with Crippen LogP contribution < -0.4 is 25.6 Å². The number of amides is 1. The number of anilines is 1. The van der Waals surface area contributed by atoms with Gasteiger partial charge in [-0.2, -0.15) is 10.1 Å². The van der Waals surface area contributed by atoms with Crippen molar-refractivity contribution in [2.75, 3.05) is 20.0 Å². The number of carbonyl (C=O) groups excluding carboxylic acids is 1. The van der Waals surface area contributed by atoms with Crippen LogP contribution in [-0.2, 0) is 0 Å². The molecule has 25 heavy (non-hydrogen) atoms. The molecule has 1 amide bonds. The summed E-state index contributed by atoms with van der Waals surface area (Å²) in [6.07, 6.45) is 1.41. The van der Waals surface area contributed by atoms with Gasteiger partial charge in [-0.25, -0.2) is 5.43 Å². The number of aromatic nitrogens is 1. The first kappa shape index (κ1) is 19.1. The summed E-state index contributed by atoms with van der Waals surface area (Å²) in [6, 6.07) is 5.15. The normalized spacial score (nSPS) is 10.8. The summed E-state index contributed by atoms with van der Waals surface area (Å²) in [5.74, 6) is 0.519. The molecule has 0 spiro atoms. The quantitative estimate of drug-likeness (QED) is 0.454. The summed E-state index contributed by atoms with van der Waals surface area (Å²) in [6.45, 7) is 0. The van der Waals surface area contributed by atoms with E-state index in [1.54, 1.807) is 25.3 Å². The fourth-order valence-corrected chi connectivity index (χ4v) is 2.48. The number of hydrogen-bond acceptors (Lipinski definition) is 5. The second-order valence-electron chi connectivity index (χ2n) is 4.66. The molecule has 0 fully saturated rings. The molecule has 0 atom stereocenters. The van der Waals surface area contributed by atoms with E-state index in [0.717, 1.165) is 0 Å². The van der Waals surface area contributed by atoms with E-state index in [2.05, 4.69) is 15.5 Å². The molecule has 10 heteroatoms. The number of nitrogens with one attached hydrogen (secondary N) is 2. The number of hydrazone groups is 1. The van der Waals surface area contributed by atoms with Crippen molar-refractivity contribution >= 4 is 52.6 Å². The number of nitrogens with two attached hydrogens (primary N) is 1. The molecule has 0 bridgehead atoms. The number of nitrogens with zero attached hydrogens (tertiary/aromatic N) is 1. The number of hydrogen-bond donors (Lipinski definition) is 2. The van der Waals surface area contributed by atoms with Crippen LogP contribution in [0, 0.1) is 0 Å². The molecule has 0 saturated heterocycles. The third kappa shape index (κ3) is 4.25. The Morgan fingerprint density at radius 1 is 1.24 bits per heavy atom. The van der Waals surface area contributed by atoms with E-state index in [1.165, 1.54) is 13.3 Å². The van der Waals surface area contributed by atoms with Crippen molar-refractivity contribution in [2.24, 2.45) is 5.10 Å². The van der Waals surface area contributed by atoms with Crippen LogP contribution in [0.5, 0.6) is 11.5 Å². The fourth-order valence-electron chi connectivity index (χ4n) is 1.87. The maximum Gasteiger partial charge on any atom is 0.337 e. The average Bonchev–Trinajstić information content (AvgIpc) is 2.62. The minimum Gasteiger partial charge on any atom is -0.497 e. The first-order chi connectivity index (χ1) is 11.9. The Bertz CT molecular complexity index is 843. The van der Waals surface area contributed by atoms with Crippen LogP contribution in [0.25, 0.3) is 0 Å². The first-order valence-corrected chi connectivity index (χ1v) is 7.93. The predicted octanol–water partition coefficient (Wildman–Crippen LogP) is 2.82. The molecule has 0 aliphatic heterocycles. The second kappa shape index (κ2) is 8.24. The molecule has 132 valence electrons. The Morgan fingerprint density at radius 3 is 2.60 bits per heavy atom. The van der Waals surface area contributed by atoms with E-state index >= 15 is 0 Å². The number of pyridine rings is 1. The van der Waals surface area contributed by atoms with E-state index in [9.17, 15) is 4.79 Å². The summed E-state index contributed by atoms with van der Waals surface area (Å²) < 4.78 is 10.3. The Balaban J connectivity index is 2.19. The van der Waals surface area contributed by atoms with Gasteiger partial charge in [-0.15, -0.1) is 0 Å². The number of nitrogen functional groups attached to an aromatic ring is 1. The molecule has 4 N–H and O–H groups in total. The molecule has 2 rings (SSSR count). The maximum atomic E-state index is 12.2. The SMILES string of the molecule is COc1ccc(/C=N/NC(=O)c2[nH+]c(Cl)c(Cl)c(N)c2Cl)c(OC)c1. The number of aromatic amines is 1. The zero-order chi connectivity index (χ0) is 18.6. The molecular weight excluding hydrogens is 391 g/mol. The van der Waals surface area contributed by atoms with E-state index in [-0.39, 0.29) is 26.6 Å². The van der Waals surface area contributed by atoms with Gasteiger partial charge in [-0.1, -0.05) is 23.2 Å². The summed E-state index contributed by atoms with van der Waals surface area (Å²) in [7, 11) is 3.06. The third-order valence-corrected chi connectivity index (χ3v) is 4.32. The molecule has 0 aliphatic rings. The summed E-state index contributed by atoms with van der Waals surface area (Å²) >= 11 is 17.7. The Morgan fingerprint density at radius 2 is 1.96 bits per heavy atom. The van der Waals surface area contributed by atoms with Crippen LogP contribution >= 0.6 is 34.8 Å². The lowest BCUT2D eigenvalue weighted by Gasteiger charge is -2.07. The van der Waals surface area contributed by atoms with Gasteiger partial charge in [0.15, 0.2) is 0 Å². The molecule has 1 aromatic carbocycles. The van der Waals surface area contributed by atoms with Gasteiger partial charge in [0, 0.05) is 11.6 Å². The number of carbonyl (C=O) groups is 1. The number of benzene rings is 1. The van der Waals surface area contributed by atoms with Crippen LogP contribution in [0.1, 0.15) is 16.1 Å². The van der Waals surface area contributed by atoms with E-state index < -0.39 is 5.91 Å². The zero-order valence-corrected chi connectivity index (χ0v) is 15.5. The highest BCUT2D eigenvalue weighted by molar-refractivity contribution is 6.45. The highest BCUT2D eigenvalue weighted by Crippen LogP contribution is 2.32. The van der Waals surface area contributed by atoms with Crippen molar-refractivity contribution in [1.29, 1.82) is 0 Å². The minimum atomic E-state index is -0.640. The second-order valence-corrected chi connectivity index (χ2v) is 5.80. The van der Waals surface area contributed by atoms with Crippen molar-refractivity contribution in [3.8, 4) is 11.5 Å². The molecule has 1 heterocycles. The Kier molecular flexibility index (Phi) is 6.30. The average molecular weight is 405 g/mol. The van der Waals surface area contributed by atoms with Crippen LogP contribution in [0.4, 0.5) is 5.69 Å². The Hall–Kier alpha value is -2.22. The largest absolute Gasteiger partial charge is 0.497 e. The molecule has 0 unspecified atom stereocenters. The van der Waals surface area contributed by atoms with Crippen molar-refractivity contribution in [1.82, 2.24) is 5.43 Å². The van der Waals surface area contributed by atoms with E-state index in [0.29, 0.717) is 17.1 Å². The molecule has 7 nitrogen and oxygen atoms in total. The molecule has 0 radical (unpaired) electrons. The van der Waals surface area contributed by atoms with Gasteiger partial charge < -0.3 is 15.2 Å². The van der Waals surface area contributed by atoms with Crippen molar-refractivity contribution in [2.45, 2.75) is 0 Å². The van der Waals surface area contributed by atoms with Gasteiger partial charge in [0.05, 0.1) is 26.1 Å². The molecule has 0 saturated carbocycles. The lowest BCUT2D eigenvalue weighted by molar-refractivity contribution is -0.379.